The number of pyridine rings is 1. The van der Waals surface area contributed by atoms with Crippen molar-refractivity contribution in [2.24, 2.45) is 7.05 Å². The predicted octanol–water partition coefficient (Wildman–Crippen LogP) is 3.07. The number of fused-ring (bicyclic) bond motifs is 1. The Morgan fingerprint density at radius 2 is 2.05 bits per heavy atom. The van der Waals surface area contributed by atoms with Gasteiger partial charge in [0.25, 0.3) is 0 Å². The van der Waals surface area contributed by atoms with E-state index in [0.29, 0.717) is 11.1 Å². The van der Waals surface area contributed by atoms with Crippen LogP contribution in [0.1, 0.15) is 34.2 Å². The summed E-state index contributed by atoms with van der Waals surface area (Å²) in [5.74, 6) is 0.0161. The largest absolute Gasteiger partial charge is 0.288 e. The molecule has 0 radical (unpaired) electrons. The minimum absolute atomic E-state index is 0.0161. The van der Waals surface area contributed by atoms with E-state index >= 15 is 0 Å². The molecule has 4 heteroatoms. The number of carbonyl (C=O) groups excluding carboxylic acids is 1. The number of aryl methyl sites for hydroxylation is 3. The molecule has 0 bridgehead atoms. The average Bonchev–Trinajstić information content (AvgIpc) is 2.87. The van der Waals surface area contributed by atoms with Gasteiger partial charge in [0.1, 0.15) is 0 Å². The Balaban J connectivity index is 2.07. The van der Waals surface area contributed by atoms with Gasteiger partial charge in [0.2, 0.25) is 0 Å². The van der Waals surface area contributed by atoms with Crippen molar-refractivity contribution < 1.29 is 4.79 Å². The fourth-order valence-electron chi connectivity index (χ4n) is 2.51. The summed E-state index contributed by atoms with van der Waals surface area (Å²) < 4.78 is 1.69. The van der Waals surface area contributed by atoms with Gasteiger partial charge in [-0.1, -0.05) is 13.0 Å². The first-order valence-electron chi connectivity index (χ1n) is 7.03. The molecule has 0 aliphatic carbocycles. The van der Waals surface area contributed by atoms with Crippen LogP contribution in [-0.2, 0) is 13.5 Å². The fraction of sp³-hybridized carbons (Fsp3) is 0.235. The van der Waals surface area contributed by atoms with Gasteiger partial charge < -0.3 is 0 Å². The monoisotopic (exact) mass is 279 g/mol. The number of hydrogen-bond donors (Lipinski definition) is 0. The second-order valence-electron chi connectivity index (χ2n) is 5.21. The molecule has 106 valence electrons. The number of ketones is 1. The van der Waals surface area contributed by atoms with E-state index < -0.39 is 0 Å². The van der Waals surface area contributed by atoms with Gasteiger partial charge in [0.15, 0.2) is 5.78 Å². The van der Waals surface area contributed by atoms with Crippen LogP contribution in [0, 0.1) is 6.92 Å². The molecule has 1 aromatic carbocycles. The third-order valence-corrected chi connectivity index (χ3v) is 3.58. The molecule has 0 saturated carbocycles. The standard InChI is InChI=1S/C17H17N3O/c1-4-15-14(10-20(3)19-15)17(21)13-7-8-16-12(9-13)6-5-11(2)18-16/h5-10H,4H2,1-3H3. The number of rotatable bonds is 3. The lowest BCUT2D eigenvalue weighted by Crippen LogP contribution is -2.03. The van der Waals surface area contributed by atoms with Crippen molar-refractivity contribution in [3.05, 3.63) is 59.0 Å². The highest BCUT2D eigenvalue weighted by Gasteiger charge is 2.16. The lowest BCUT2D eigenvalue weighted by molar-refractivity contribution is 0.103. The summed E-state index contributed by atoms with van der Waals surface area (Å²) in [4.78, 5) is 17.1. The second-order valence-corrected chi connectivity index (χ2v) is 5.21. The van der Waals surface area contributed by atoms with Gasteiger partial charge in [0.05, 0.1) is 16.8 Å². The van der Waals surface area contributed by atoms with Gasteiger partial charge in [-0.15, -0.1) is 0 Å². The van der Waals surface area contributed by atoms with Crippen LogP contribution in [0.5, 0.6) is 0 Å². The molecule has 0 N–H and O–H groups in total. The minimum Gasteiger partial charge on any atom is -0.288 e. The van der Waals surface area contributed by atoms with E-state index in [4.69, 9.17) is 0 Å². The van der Waals surface area contributed by atoms with Crippen molar-refractivity contribution in [1.82, 2.24) is 14.8 Å². The molecule has 0 aliphatic heterocycles. The van der Waals surface area contributed by atoms with E-state index in [2.05, 4.69) is 10.1 Å². The third-order valence-electron chi connectivity index (χ3n) is 3.58. The lowest BCUT2D eigenvalue weighted by atomic mass is 10.0. The summed E-state index contributed by atoms with van der Waals surface area (Å²) in [7, 11) is 1.84. The first-order valence-corrected chi connectivity index (χ1v) is 7.03. The number of benzene rings is 1. The molecule has 0 spiro atoms. The highest BCUT2D eigenvalue weighted by molar-refractivity contribution is 6.11. The second kappa shape index (κ2) is 5.13. The van der Waals surface area contributed by atoms with Gasteiger partial charge in [0, 0.05) is 29.9 Å². The molecule has 3 aromatic rings. The first kappa shape index (κ1) is 13.5. The molecule has 0 amide bonds. The maximum atomic E-state index is 12.7. The molecule has 21 heavy (non-hydrogen) atoms. The summed E-state index contributed by atoms with van der Waals surface area (Å²) >= 11 is 0. The van der Waals surface area contributed by atoms with Gasteiger partial charge >= 0.3 is 0 Å². The molecule has 3 rings (SSSR count). The molecule has 0 unspecified atom stereocenters. The van der Waals surface area contributed by atoms with Crippen molar-refractivity contribution in [2.45, 2.75) is 20.3 Å². The Kier molecular flexibility index (Phi) is 3.29. The molecule has 0 fully saturated rings. The Morgan fingerprint density at radius 1 is 1.24 bits per heavy atom. The normalized spacial score (nSPS) is 11.0. The van der Waals surface area contributed by atoms with E-state index in [1.54, 1.807) is 10.9 Å². The quantitative estimate of drug-likeness (QED) is 0.692. The summed E-state index contributed by atoms with van der Waals surface area (Å²) in [5, 5.41) is 5.31. The summed E-state index contributed by atoms with van der Waals surface area (Å²) in [5.41, 5.74) is 4.08. The maximum Gasteiger partial charge on any atom is 0.196 e. The van der Waals surface area contributed by atoms with Crippen LogP contribution in [-0.4, -0.2) is 20.5 Å². The highest BCUT2D eigenvalue weighted by Crippen LogP contribution is 2.19. The zero-order valence-corrected chi connectivity index (χ0v) is 12.4. The highest BCUT2D eigenvalue weighted by atomic mass is 16.1. The third kappa shape index (κ3) is 2.44. The van der Waals surface area contributed by atoms with Crippen molar-refractivity contribution in [1.29, 1.82) is 0 Å². The number of carbonyl (C=O) groups is 1. The molecule has 0 saturated heterocycles. The molecule has 2 heterocycles. The van der Waals surface area contributed by atoms with Gasteiger partial charge in [-0.3, -0.25) is 14.5 Å². The average molecular weight is 279 g/mol. The van der Waals surface area contributed by atoms with Crippen molar-refractivity contribution in [2.75, 3.05) is 0 Å². The number of nitrogens with zero attached hydrogens (tertiary/aromatic N) is 3. The minimum atomic E-state index is 0.0161. The molecule has 4 nitrogen and oxygen atoms in total. The van der Waals surface area contributed by atoms with E-state index in [9.17, 15) is 4.79 Å². The Bertz CT molecular complexity index is 833. The number of hydrogen-bond acceptors (Lipinski definition) is 3. The van der Waals surface area contributed by atoms with Crippen molar-refractivity contribution in [3.63, 3.8) is 0 Å². The number of aromatic nitrogens is 3. The van der Waals surface area contributed by atoms with Crippen molar-refractivity contribution in [3.8, 4) is 0 Å². The molecular weight excluding hydrogens is 262 g/mol. The van der Waals surface area contributed by atoms with Crippen LogP contribution in [0.25, 0.3) is 10.9 Å². The molecule has 0 aliphatic rings. The zero-order valence-electron chi connectivity index (χ0n) is 12.4. The predicted molar refractivity (Wildman–Crippen MR) is 82.5 cm³/mol. The molecular formula is C17H17N3O. The van der Waals surface area contributed by atoms with E-state index in [1.807, 2.05) is 51.2 Å². The van der Waals surface area contributed by atoms with Crippen LogP contribution in [0.15, 0.2) is 36.5 Å². The van der Waals surface area contributed by atoms with E-state index in [-0.39, 0.29) is 5.78 Å². The zero-order chi connectivity index (χ0) is 15.0. The molecule has 2 aromatic heterocycles. The topological polar surface area (TPSA) is 47.8 Å². The summed E-state index contributed by atoms with van der Waals surface area (Å²) in [6, 6.07) is 9.59. The van der Waals surface area contributed by atoms with Gasteiger partial charge in [-0.05, 0) is 37.6 Å². The lowest BCUT2D eigenvalue weighted by Gasteiger charge is -2.03. The van der Waals surface area contributed by atoms with E-state index in [0.717, 1.165) is 28.7 Å². The Labute approximate surface area is 123 Å². The van der Waals surface area contributed by atoms with Crippen LogP contribution in [0.2, 0.25) is 0 Å². The summed E-state index contributed by atoms with van der Waals surface area (Å²) in [6.07, 6.45) is 2.54. The van der Waals surface area contributed by atoms with Crippen LogP contribution in [0.3, 0.4) is 0 Å². The summed E-state index contributed by atoms with van der Waals surface area (Å²) in [6.45, 7) is 3.97. The van der Waals surface area contributed by atoms with Crippen LogP contribution >= 0.6 is 0 Å². The molecule has 0 atom stereocenters. The van der Waals surface area contributed by atoms with Crippen LogP contribution in [0.4, 0.5) is 0 Å². The Hall–Kier alpha value is -2.49. The smallest absolute Gasteiger partial charge is 0.196 e. The van der Waals surface area contributed by atoms with Gasteiger partial charge in [-0.2, -0.15) is 5.10 Å². The maximum absolute atomic E-state index is 12.7. The first-order chi connectivity index (χ1) is 10.1. The van der Waals surface area contributed by atoms with Crippen LogP contribution < -0.4 is 0 Å². The Morgan fingerprint density at radius 3 is 2.81 bits per heavy atom. The van der Waals surface area contributed by atoms with E-state index in [1.165, 1.54) is 0 Å². The SMILES string of the molecule is CCc1nn(C)cc1C(=O)c1ccc2nc(C)ccc2c1. The fourth-order valence-corrected chi connectivity index (χ4v) is 2.51. The van der Waals surface area contributed by atoms with Crippen molar-refractivity contribution >= 4 is 16.7 Å². The van der Waals surface area contributed by atoms with Gasteiger partial charge in [-0.25, -0.2) is 0 Å².